The lowest BCUT2D eigenvalue weighted by atomic mass is 10.0. The second kappa shape index (κ2) is 7.80. The highest BCUT2D eigenvalue weighted by molar-refractivity contribution is 6.30. The second-order valence-corrected chi connectivity index (χ2v) is 7.12. The van der Waals surface area contributed by atoms with Crippen LogP contribution in [0.4, 0.5) is 5.82 Å². The van der Waals surface area contributed by atoms with Gasteiger partial charge in [-0.1, -0.05) is 23.7 Å². The number of carbonyl (C=O) groups is 1. The van der Waals surface area contributed by atoms with Crippen LogP contribution in [0.15, 0.2) is 36.4 Å². The van der Waals surface area contributed by atoms with E-state index in [9.17, 15) is 4.79 Å². The molecule has 0 aliphatic carbocycles. The molecule has 0 radical (unpaired) electrons. The maximum absolute atomic E-state index is 12.3. The van der Waals surface area contributed by atoms with Crippen molar-refractivity contribution in [1.29, 1.82) is 0 Å². The number of amides is 1. The lowest BCUT2D eigenvalue weighted by molar-refractivity contribution is -0.169. The summed E-state index contributed by atoms with van der Waals surface area (Å²) < 4.78 is 11.5. The van der Waals surface area contributed by atoms with E-state index in [2.05, 4.69) is 20.4 Å². The molecule has 2 saturated heterocycles. The van der Waals surface area contributed by atoms with Crippen LogP contribution < -0.4 is 10.2 Å². The molecule has 2 aliphatic heterocycles. The van der Waals surface area contributed by atoms with Crippen molar-refractivity contribution in [2.24, 2.45) is 0 Å². The first-order valence-electron chi connectivity index (χ1n) is 9.03. The quantitative estimate of drug-likeness (QED) is 0.866. The monoisotopic (exact) mass is 388 g/mol. The third-order valence-corrected chi connectivity index (χ3v) is 5.16. The fourth-order valence-corrected chi connectivity index (χ4v) is 3.48. The van der Waals surface area contributed by atoms with E-state index in [1.807, 2.05) is 18.2 Å². The third kappa shape index (κ3) is 4.21. The lowest BCUT2D eigenvalue weighted by Gasteiger charge is -2.37. The molecule has 0 saturated carbocycles. The summed E-state index contributed by atoms with van der Waals surface area (Å²) >= 11 is 5.86. The van der Waals surface area contributed by atoms with Gasteiger partial charge in [0.2, 0.25) is 0 Å². The molecule has 2 aliphatic rings. The highest BCUT2D eigenvalue weighted by atomic mass is 35.5. The van der Waals surface area contributed by atoms with Gasteiger partial charge in [-0.2, -0.15) is 0 Å². The normalized spacial score (nSPS) is 18.6. The van der Waals surface area contributed by atoms with Crippen LogP contribution in [-0.2, 0) is 16.0 Å². The minimum atomic E-state index is -0.411. The number of rotatable bonds is 4. The Balaban J connectivity index is 1.32. The molecule has 2 aromatic rings. The average Bonchev–Trinajstić information content (AvgIpc) is 3.16. The standard InChI is InChI=1S/C19H21ClN4O3/c20-15-3-1-14(2-4-15)13-21-18(25)16-5-6-17(23-22-16)24-9-7-19(8-10-24)26-11-12-27-19/h1-6H,7-13H2,(H,21,25). The molecule has 3 heterocycles. The topological polar surface area (TPSA) is 76.6 Å². The maximum Gasteiger partial charge on any atom is 0.272 e. The number of benzene rings is 1. The summed E-state index contributed by atoms with van der Waals surface area (Å²) in [6.45, 7) is 3.32. The van der Waals surface area contributed by atoms with Crippen LogP contribution in [0.1, 0.15) is 28.9 Å². The van der Waals surface area contributed by atoms with Crippen LogP contribution >= 0.6 is 11.6 Å². The maximum atomic E-state index is 12.3. The highest BCUT2D eigenvalue weighted by Crippen LogP contribution is 2.32. The molecule has 142 valence electrons. The highest BCUT2D eigenvalue weighted by Gasteiger charge is 2.40. The zero-order valence-corrected chi connectivity index (χ0v) is 15.6. The summed E-state index contributed by atoms with van der Waals surface area (Å²) in [6.07, 6.45) is 1.61. The third-order valence-electron chi connectivity index (χ3n) is 4.91. The minimum Gasteiger partial charge on any atom is -0.355 e. The van der Waals surface area contributed by atoms with E-state index in [4.69, 9.17) is 21.1 Å². The molecule has 1 amide bonds. The number of halogens is 1. The Morgan fingerprint density at radius 3 is 2.41 bits per heavy atom. The summed E-state index contributed by atoms with van der Waals surface area (Å²) in [6, 6.07) is 10.9. The first-order valence-corrected chi connectivity index (χ1v) is 9.41. The van der Waals surface area contributed by atoms with Crippen LogP contribution in [-0.4, -0.2) is 48.2 Å². The Morgan fingerprint density at radius 1 is 1.07 bits per heavy atom. The van der Waals surface area contributed by atoms with Crippen LogP contribution in [0.5, 0.6) is 0 Å². The van der Waals surface area contributed by atoms with Crippen LogP contribution in [0.2, 0.25) is 5.02 Å². The summed E-state index contributed by atoms with van der Waals surface area (Å²) in [4.78, 5) is 14.4. The number of hydrogen-bond acceptors (Lipinski definition) is 6. The molecule has 1 aromatic carbocycles. The van der Waals surface area contributed by atoms with Gasteiger partial charge in [-0.15, -0.1) is 10.2 Å². The van der Waals surface area contributed by atoms with Gasteiger partial charge in [0.05, 0.1) is 13.2 Å². The largest absolute Gasteiger partial charge is 0.355 e. The number of nitrogens with zero attached hydrogens (tertiary/aromatic N) is 3. The summed E-state index contributed by atoms with van der Waals surface area (Å²) in [5, 5.41) is 11.8. The molecule has 2 fully saturated rings. The van der Waals surface area contributed by atoms with Gasteiger partial charge in [-0.25, -0.2) is 0 Å². The van der Waals surface area contributed by atoms with Crippen molar-refractivity contribution in [3.63, 3.8) is 0 Å². The van der Waals surface area contributed by atoms with Gasteiger partial charge in [-0.3, -0.25) is 4.79 Å². The summed E-state index contributed by atoms with van der Waals surface area (Å²) in [7, 11) is 0. The van der Waals surface area contributed by atoms with Gasteiger partial charge in [0.1, 0.15) is 0 Å². The van der Waals surface area contributed by atoms with Gasteiger partial charge < -0.3 is 19.7 Å². The molecule has 1 aromatic heterocycles. The zero-order chi connectivity index (χ0) is 18.7. The fraction of sp³-hybridized carbons (Fsp3) is 0.421. The van der Waals surface area contributed by atoms with E-state index in [1.54, 1.807) is 18.2 Å². The van der Waals surface area contributed by atoms with Crippen molar-refractivity contribution < 1.29 is 14.3 Å². The van der Waals surface area contributed by atoms with E-state index >= 15 is 0 Å². The van der Waals surface area contributed by atoms with Crippen LogP contribution in [0, 0.1) is 0 Å². The van der Waals surface area contributed by atoms with Crippen LogP contribution in [0.25, 0.3) is 0 Å². The van der Waals surface area contributed by atoms with Gasteiger partial charge >= 0.3 is 0 Å². The Kier molecular flexibility index (Phi) is 5.24. The number of nitrogens with one attached hydrogen (secondary N) is 1. The minimum absolute atomic E-state index is 0.255. The smallest absolute Gasteiger partial charge is 0.272 e. The molecule has 27 heavy (non-hydrogen) atoms. The van der Waals surface area contributed by atoms with Gasteiger partial charge in [0.15, 0.2) is 17.3 Å². The lowest BCUT2D eigenvalue weighted by Crippen LogP contribution is -2.45. The number of anilines is 1. The van der Waals surface area contributed by atoms with E-state index in [0.29, 0.717) is 30.5 Å². The molecule has 7 nitrogen and oxygen atoms in total. The number of hydrogen-bond donors (Lipinski definition) is 1. The first kappa shape index (κ1) is 18.2. The average molecular weight is 389 g/mol. The molecule has 8 heteroatoms. The first-order chi connectivity index (χ1) is 13.1. The number of aromatic nitrogens is 2. The van der Waals surface area contributed by atoms with Crippen molar-refractivity contribution in [2.45, 2.75) is 25.2 Å². The molecule has 1 spiro atoms. The predicted octanol–water partition coefficient (Wildman–Crippen LogP) is 2.40. The number of ether oxygens (including phenoxy) is 2. The van der Waals surface area contributed by atoms with Crippen molar-refractivity contribution in [2.75, 3.05) is 31.2 Å². The van der Waals surface area contributed by atoms with Crippen molar-refractivity contribution in [3.8, 4) is 0 Å². The van der Waals surface area contributed by atoms with E-state index in [1.165, 1.54) is 0 Å². The summed E-state index contributed by atoms with van der Waals surface area (Å²) in [5.41, 5.74) is 1.26. The second-order valence-electron chi connectivity index (χ2n) is 6.68. The Bertz CT molecular complexity index is 782. The van der Waals surface area contributed by atoms with Gasteiger partial charge in [-0.05, 0) is 29.8 Å². The van der Waals surface area contributed by atoms with Crippen molar-refractivity contribution >= 4 is 23.3 Å². The van der Waals surface area contributed by atoms with E-state index in [-0.39, 0.29) is 5.91 Å². The van der Waals surface area contributed by atoms with Crippen molar-refractivity contribution in [1.82, 2.24) is 15.5 Å². The molecular weight excluding hydrogens is 368 g/mol. The molecule has 0 bridgehead atoms. The van der Waals surface area contributed by atoms with E-state index in [0.717, 1.165) is 37.3 Å². The summed E-state index contributed by atoms with van der Waals surface area (Å²) in [5.74, 6) is 0.0947. The number of piperidine rings is 1. The Morgan fingerprint density at radius 2 is 1.78 bits per heavy atom. The predicted molar refractivity (Wildman–Crippen MR) is 101 cm³/mol. The molecule has 1 N–H and O–H groups in total. The van der Waals surface area contributed by atoms with Gasteiger partial charge in [0, 0.05) is 37.5 Å². The molecule has 4 rings (SSSR count). The van der Waals surface area contributed by atoms with Gasteiger partial charge in [0.25, 0.3) is 5.91 Å². The van der Waals surface area contributed by atoms with Crippen LogP contribution in [0.3, 0.4) is 0 Å². The van der Waals surface area contributed by atoms with Crippen molar-refractivity contribution in [3.05, 3.63) is 52.7 Å². The molecular formula is C19H21ClN4O3. The molecule has 0 unspecified atom stereocenters. The molecule has 0 atom stereocenters. The number of carbonyl (C=O) groups excluding carboxylic acids is 1. The Labute approximate surface area is 162 Å². The fourth-order valence-electron chi connectivity index (χ4n) is 3.35. The Hall–Kier alpha value is -2.22. The van der Waals surface area contributed by atoms with E-state index < -0.39 is 5.79 Å². The zero-order valence-electron chi connectivity index (χ0n) is 14.9. The SMILES string of the molecule is O=C(NCc1ccc(Cl)cc1)c1ccc(N2CCC3(CC2)OCCO3)nn1.